The predicted octanol–water partition coefficient (Wildman–Crippen LogP) is 6.34. The molecule has 6 nitrogen and oxygen atoms in total. The van der Waals surface area contributed by atoms with E-state index in [4.69, 9.17) is 4.74 Å². The van der Waals surface area contributed by atoms with E-state index in [1.54, 1.807) is 0 Å². The fraction of sp³-hybridized carbons (Fsp3) is 0.438. The molecule has 5 rings (SSSR count). The summed E-state index contributed by atoms with van der Waals surface area (Å²) in [6.45, 7) is 13.8. The standard InChI is InChI=1S/C32H40BrN5O/c1-6-37-19-24(17-34-37)14-26-10-9-11-28-29(26)16-32(21-39-8-3,15-25-18-35-38(7-2)20-25)36-31(28)30-22(4)12-27(33)13-23(30)5/h9-13,17-20,31,36H,6-8,14-16,21H2,1-5H3. The summed E-state index contributed by atoms with van der Waals surface area (Å²) < 4.78 is 11.4. The van der Waals surface area contributed by atoms with E-state index in [9.17, 15) is 0 Å². The minimum atomic E-state index is -0.273. The van der Waals surface area contributed by atoms with E-state index in [1.807, 2.05) is 21.8 Å². The second-order valence-electron chi connectivity index (χ2n) is 10.9. The summed E-state index contributed by atoms with van der Waals surface area (Å²) >= 11 is 3.71. The monoisotopic (exact) mass is 589 g/mol. The molecular formula is C32H40BrN5O. The first-order valence-corrected chi connectivity index (χ1v) is 14.9. The number of nitrogens with one attached hydrogen (secondary N) is 1. The Hall–Kier alpha value is -2.74. The van der Waals surface area contributed by atoms with Crippen LogP contribution in [0.2, 0.25) is 0 Å². The first-order valence-electron chi connectivity index (χ1n) is 14.1. The minimum absolute atomic E-state index is 0.0573. The fourth-order valence-electron chi connectivity index (χ4n) is 6.19. The molecule has 0 amide bonds. The first kappa shape index (κ1) is 27.8. The number of halogens is 1. The first-order chi connectivity index (χ1) is 18.8. The number of rotatable bonds is 10. The van der Waals surface area contributed by atoms with Crippen LogP contribution in [0.3, 0.4) is 0 Å². The van der Waals surface area contributed by atoms with E-state index in [1.165, 1.54) is 44.5 Å². The number of nitrogens with zero attached hydrogens (tertiary/aromatic N) is 4. The second kappa shape index (κ2) is 11.8. The van der Waals surface area contributed by atoms with Gasteiger partial charge in [0.15, 0.2) is 0 Å². The van der Waals surface area contributed by atoms with Crippen LogP contribution in [0.5, 0.6) is 0 Å². The van der Waals surface area contributed by atoms with Gasteiger partial charge in [-0.3, -0.25) is 14.7 Å². The van der Waals surface area contributed by atoms with Gasteiger partial charge in [-0.05, 0) is 104 Å². The van der Waals surface area contributed by atoms with E-state index in [2.05, 4.69) is 109 Å². The molecule has 2 unspecified atom stereocenters. The lowest BCUT2D eigenvalue weighted by Crippen LogP contribution is -2.57. The summed E-state index contributed by atoms with van der Waals surface area (Å²) in [6, 6.07) is 11.4. The third-order valence-corrected chi connectivity index (χ3v) is 8.43. The molecule has 1 N–H and O–H groups in total. The summed E-state index contributed by atoms with van der Waals surface area (Å²) in [7, 11) is 0. The van der Waals surface area contributed by atoms with Crippen molar-refractivity contribution in [1.29, 1.82) is 0 Å². The summed E-state index contributed by atoms with van der Waals surface area (Å²) in [4.78, 5) is 0. The normalized spacial score (nSPS) is 18.9. The largest absolute Gasteiger partial charge is 0.380 e. The van der Waals surface area contributed by atoms with E-state index >= 15 is 0 Å². The lowest BCUT2D eigenvalue weighted by atomic mass is 9.74. The molecule has 0 spiro atoms. The Balaban J connectivity index is 1.65. The average molecular weight is 591 g/mol. The Bertz CT molecular complexity index is 1420. The molecule has 3 heterocycles. The minimum Gasteiger partial charge on any atom is -0.380 e. The quantitative estimate of drug-likeness (QED) is 0.234. The molecule has 206 valence electrons. The Morgan fingerprint density at radius 3 is 2.31 bits per heavy atom. The van der Waals surface area contributed by atoms with Crippen molar-refractivity contribution in [3.63, 3.8) is 0 Å². The topological polar surface area (TPSA) is 56.9 Å². The Morgan fingerprint density at radius 1 is 1.00 bits per heavy atom. The highest BCUT2D eigenvalue weighted by Crippen LogP contribution is 2.41. The van der Waals surface area contributed by atoms with Crippen molar-refractivity contribution in [3.8, 4) is 0 Å². The molecule has 2 aromatic carbocycles. The zero-order valence-electron chi connectivity index (χ0n) is 23.8. The van der Waals surface area contributed by atoms with E-state index in [0.29, 0.717) is 13.2 Å². The number of benzene rings is 2. The van der Waals surface area contributed by atoms with Crippen LogP contribution in [-0.4, -0.2) is 38.3 Å². The molecule has 2 atom stereocenters. The van der Waals surface area contributed by atoms with Crippen LogP contribution in [0.25, 0.3) is 0 Å². The molecule has 0 fully saturated rings. The molecule has 0 aliphatic carbocycles. The molecule has 0 radical (unpaired) electrons. The molecule has 7 heteroatoms. The van der Waals surface area contributed by atoms with E-state index < -0.39 is 0 Å². The molecule has 1 aliphatic rings. The maximum absolute atomic E-state index is 6.23. The number of ether oxygens (including phenoxy) is 1. The number of hydrogen-bond donors (Lipinski definition) is 1. The highest BCUT2D eigenvalue weighted by Gasteiger charge is 2.41. The Labute approximate surface area is 240 Å². The SMILES string of the molecule is CCOCC1(Cc2cnn(CC)c2)Cc2c(Cc3cnn(CC)c3)cccc2C(c2c(C)cc(Br)cc2C)N1. The number of fused-ring (bicyclic) bond motifs is 1. The zero-order chi connectivity index (χ0) is 27.6. The number of aryl methyl sites for hydroxylation is 4. The van der Waals surface area contributed by atoms with Crippen LogP contribution >= 0.6 is 15.9 Å². The Morgan fingerprint density at radius 2 is 1.67 bits per heavy atom. The summed E-state index contributed by atoms with van der Waals surface area (Å²) in [5.41, 5.74) is 10.3. The van der Waals surface area contributed by atoms with Gasteiger partial charge < -0.3 is 4.74 Å². The number of aromatic nitrogens is 4. The van der Waals surface area contributed by atoms with Crippen LogP contribution in [0.1, 0.15) is 71.3 Å². The Kier molecular flexibility index (Phi) is 8.40. The van der Waals surface area contributed by atoms with Gasteiger partial charge >= 0.3 is 0 Å². The summed E-state index contributed by atoms with van der Waals surface area (Å²) in [5.74, 6) is 0. The van der Waals surface area contributed by atoms with Crippen molar-refractivity contribution >= 4 is 15.9 Å². The molecular weight excluding hydrogens is 550 g/mol. The molecule has 39 heavy (non-hydrogen) atoms. The highest BCUT2D eigenvalue weighted by atomic mass is 79.9. The van der Waals surface area contributed by atoms with Crippen molar-refractivity contribution in [2.24, 2.45) is 0 Å². The van der Waals surface area contributed by atoms with Gasteiger partial charge in [0.05, 0.1) is 30.6 Å². The molecule has 0 bridgehead atoms. The maximum atomic E-state index is 6.23. The molecule has 2 aromatic heterocycles. The average Bonchev–Trinajstić information content (AvgIpc) is 3.56. The third-order valence-electron chi connectivity index (χ3n) is 7.97. The third kappa shape index (κ3) is 5.91. The zero-order valence-corrected chi connectivity index (χ0v) is 25.4. The summed E-state index contributed by atoms with van der Waals surface area (Å²) in [6.07, 6.45) is 11.0. The van der Waals surface area contributed by atoms with Gasteiger partial charge in [-0.15, -0.1) is 0 Å². The van der Waals surface area contributed by atoms with Crippen molar-refractivity contribution in [2.45, 2.75) is 78.6 Å². The van der Waals surface area contributed by atoms with Gasteiger partial charge in [-0.2, -0.15) is 10.2 Å². The second-order valence-corrected chi connectivity index (χ2v) is 11.8. The van der Waals surface area contributed by atoms with Gasteiger partial charge in [0.1, 0.15) is 0 Å². The van der Waals surface area contributed by atoms with Crippen LogP contribution < -0.4 is 5.32 Å². The van der Waals surface area contributed by atoms with Crippen LogP contribution in [0.15, 0.2) is 59.6 Å². The van der Waals surface area contributed by atoms with Crippen molar-refractivity contribution in [3.05, 3.63) is 104 Å². The van der Waals surface area contributed by atoms with Crippen molar-refractivity contribution in [2.75, 3.05) is 13.2 Å². The maximum Gasteiger partial charge on any atom is 0.0654 e. The van der Waals surface area contributed by atoms with E-state index in [0.717, 1.165) is 36.8 Å². The van der Waals surface area contributed by atoms with Gasteiger partial charge in [0.25, 0.3) is 0 Å². The predicted molar refractivity (Wildman–Crippen MR) is 160 cm³/mol. The molecule has 0 saturated heterocycles. The van der Waals surface area contributed by atoms with Crippen LogP contribution in [0, 0.1) is 13.8 Å². The van der Waals surface area contributed by atoms with Gasteiger partial charge in [-0.1, -0.05) is 34.1 Å². The highest BCUT2D eigenvalue weighted by molar-refractivity contribution is 9.10. The van der Waals surface area contributed by atoms with Gasteiger partial charge in [0.2, 0.25) is 0 Å². The van der Waals surface area contributed by atoms with Crippen molar-refractivity contribution in [1.82, 2.24) is 24.9 Å². The van der Waals surface area contributed by atoms with Crippen LogP contribution in [0.4, 0.5) is 0 Å². The number of hydrogen-bond acceptors (Lipinski definition) is 4. The van der Waals surface area contributed by atoms with Crippen molar-refractivity contribution < 1.29 is 4.74 Å². The lowest BCUT2D eigenvalue weighted by molar-refractivity contribution is 0.0668. The molecule has 0 saturated carbocycles. The lowest BCUT2D eigenvalue weighted by Gasteiger charge is -2.45. The summed E-state index contributed by atoms with van der Waals surface area (Å²) in [5, 5.41) is 13.3. The fourth-order valence-corrected chi connectivity index (χ4v) is 6.88. The van der Waals surface area contributed by atoms with Gasteiger partial charge in [0, 0.05) is 43.0 Å². The van der Waals surface area contributed by atoms with Crippen LogP contribution in [-0.2, 0) is 37.1 Å². The molecule has 4 aromatic rings. The van der Waals surface area contributed by atoms with E-state index in [-0.39, 0.29) is 11.6 Å². The smallest absolute Gasteiger partial charge is 0.0654 e. The molecule has 1 aliphatic heterocycles. The van der Waals surface area contributed by atoms with Gasteiger partial charge in [-0.25, -0.2) is 0 Å².